The average Bonchev–Trinajstić information content (AvgIpc) is 2.61. The first-order chi connectivity index (χ1) is 5.50. The van der Waals surface area contributed by atoms with Gasteiger partial charge in [-0.3, -0.25) is 0 Å². The van der Waals surface area contributed by atoms with Gasteiger partial charge in [0, 0.05) is 5.56 Å². The molecule has 12 heavy (non-hydrogen) atoms. The van der Waals surface area contributed by atoms with Crippen LogP contribution in [0.5, 0.6) is 11.5 Å². The van der Waals surface area contributed by atoms with Crippen LogP contribution in [0.25, 0.3) is 0 Å². The smallest absolute Gasteiger partial charge is 0.174 e. The summed E-state index contributed by atoms with van der Waals surface area (Å²) in [5.41, 5.74) is 2.89. The highest BCUT2D eigenvalue weighted by Crippen LogP contribution is 2.52. The molecule has 1 aliphatic heterocycles. The third kappa shape index (κ3) is 1.01. The lowest BCUT2D eigenvalue weighted by Crippen LogP contribution is -2.11. The van der Waals surface area contributed by atoms with E-state index in [0.717, 1.165) is 11.5 Å². The van der Waals surface area contributed by atoms with Crippen molar-refractivity contribution in [3.63, 3.8) is 0 Å². The Morgan fingerprint density at radius 1 is 1.17 bits per heavy atom. The fourth-order valence-electron chi connectivity index (χ4n) is 1.76. The Morgan fingerprint density at radius 2 is 1.83 bits per heavy atom. The maximum atomic E-state index is 5.38. The molecule has 1 heterocycles. The van der Waals surface area contributed by atoms with Gasteiger partial charge in [0.1, 0.15) is 0 Å². The van der Waals surface area contributed by atoms with Gasteiger partial charge in [-0.2, -0.15) is 0 Å². The summed E-state index contributed by atoms with van der Waals surface area (Å²) in [5.74, 6) is 2.17. The van der Waals surface area contributed by atoms with E-state index in [4.69, 9.17) is 4.74 Å². The SMILES string of the molecule is Cc1ccc2c(c1C(C)(C)C)O2. The number of benzene rings is 1. The maximum Gasteiger partial charge on any atom is 0.174 e. The molecular weight excluding hydrogens is 148 g/mol. The molecule has 0 amide bonds. The average molecular weight is 162 g/mol. The molecule has 0 fully saturated rings. The van der Waals surface area contributed by atoms with Crippen molar-refractivity contribution in [2.75, 3.05) is 0 Å². The van der Waals surface area contributed by atoms with E-state index in [1.54, 1.807) is 0 Å². The standard InChI is InChI=1S/C11H14O/c1-7-5-6-8-10(12-8)9(7)11(2,3)4/h5-6H,1-4H3. The van der Waals surface area contributed by atoms with E-state index in [-0.39, 0.29) is 5.41 Å². The van der Waals surface area contributed by atoms with Gasteiger partial charge in [0.05, 0.1) is 0 Å². The molecule has 0 unspecified atom stereocenters. The van der Waals surface area contributed by atoms with Gasteiger partial charge < -0.3 is 4.74 Å². The van der Waals surface area contributed by atoms with Gasteiger partial charge >= 0.3 is 0 Å². The predicted octanol–water partition coefficient (Wildman–Crippen LogP) is 3.40. The quantitative estimate of drug-likeness (QED) is 0.541. The first kappa shape index (κ1) is 7.66. The zero-order chi connectivity index (χ0) is 8.93. The van der Waals surface area contributed by atoms with Crippen molar-refractivity contribution in [3.8, 4) is 11.5 Å². The number of rotatable bonds is 0. The summed E-state index contributed by atoms with van der Waals surface area (Å²) in [5, 5.41) is 0. The van der Waals surface area contributed by atoms with Crippen LogP contribution in [-0.4, -0.2) is 0 Å². The van der Waals surface area contributed by atoms with Crippen LogP contribution < -0.4 is 4.74 Å². The molecule has 1 aromatic rings. The Labute approximate surface area is 73.4 Å². The lowest BCUT2D eigenvalue weighted by Gasteiger charge is -2.19. The van der Waals surface area contributed by atoms with E-state index in [1.165, 1.54) is 11.1 Å². The third-order valence-electron chi connectivity index (χ3n) is 2.25. The summed E-state index contributed by atoms with van der Waals surface area (Å²) in [4.78, 5) is 0. The van der Waals surface area contributed by atoms with Gasteiger partial charge in [0.15, 0.2) is 11.5 Å². The van der Waals surface area contributed by atoms with Crippen LogP contribution in [-0.2, 0) is 5.41 Å². The molecule has 0 saturated carbocycles. The Balaban J connectivity index is 2.59. The summed E-state index contributed by atoms with van der Waals surface area (Å²) in [6.07, 6.45) is 0. The fraction of sp³-hybridized carbons (Fsp3) is 0.455. The van der Waals surface area contributed by atoms with Crippen molar-refractivity contribution < 1.29 is 4.74 Å². The van der Waals surface area contributed by atoms with E-state index >= 15 is 0 Å². The molecule has 0 aliphatic carbocycles. The van der Waals surface area contributed by atoms with Crippen LogP contribution in [0.1, 0.15) is 31.9 Å². The molecular formula is C11H14O. The molecule has 0 radical (unpaired) electrons. The van der Waals surface area contributed by atoms with Crippen LogP contribution in [0, 0.1) is 6.92 Å². The first-order valence-corrected chi connectivity index (χ1v) is 4.32. The highest BCUT2D eigenvalue weighted by molar-refractivity contribution is 5.63. The van der Waals surface area contributed by atoms with Gasteiger partial charge in [-0.15, -0.1) is 0 Å². The number of hydrogen-bond donors (Lipinski definition) is 0. The van der Waals surface area contributed by atoms with E-state index in [9.17, 15) is 0 Å². The molecule has 0 aromatic heterocycles. The maximum absolute atomic E-state index is 5.38. The second-order valence-corrected chi connectivity index (χ2v) is 4.44. The zero-order valence-electron chi connectivity index (χ0n) is 8.06. The van der Waals surface area contributed by atoms with Gasteiger partial charge in [0.25, 0.3) is 0 Å². The largest absolute Gasteiger partial charge is 0.449 e. The summed E-state index contributed by atoms with van der Waals surface area (Å²) in [6, 6.07) is 4.17. The van der Waals surface area contributed by atoms with E-state index < -0.39 is 0 Å². The van der Waals surface area contributed by atoms with Crippen molar-refractivity contribution in [2.24, 2.45) is 0 Å². The molecule has 1 nitrogen and oxygen atoms in total. The molecule has 0 atom stereocenters. The molecule has 1 aromatic carbocycles. The number of aryl methyl sites for hydroxylation is 1. The summed E-state index contributed by atoms with van der Waals surface area (Å²) in [6.45, 7) is 8.80. The summed E-state index contributed by atoms with van der Waals surface area (Å²) >= 11 is 0. The summed E-state index contributed by atoms with van der Waals surface area (Å²) in [7, 11) is 0. The predicted molar refractivity (Wildman–Crippen MR) is 50.0 cm³/mol. The highest BCUT2D eigenvalue weighted by atomic mass is 16.6. The minimum absolute atomic E-state index is 0.200. The van der Waals surface area contributed by atoms with Gasteiger partial charge in [-0.05, 0) is 24.0 Å². The minimum atomic E-state index is 0.200. The molecule has 1 heteroatoms. The Morgan fingerprint density at radius 3 is 2.33 bits per heavy atom. The molecule has 1 aliphatic rings. The van der Waals surface area contributed by atoms with Crippen molar-refractivity contribution in [3.05, 3.63) is 23.3 Å². The van der Waals surface area contributed by atoms with E-state index in [0.29, 0.717) is 0 Å². The van der Waals surface area contributed by atoms with Crippen LogP contribution >= 0.6 is 0 Å². The van der Waals surface area contributed by atoms with Gasteiger partial charge in [-0.1, -0.05) is 26.8 Å². The second kappa shape index (κ2) is 2.03. The lowest BCUT2D eigenvalue weighted by atomic mass is 9.84. The van der Waals surface area contributed by atoms with Crippen molar-refractivity contribution in [1.82, 2.24) is 0 Å². The number of hydrogen-bond acceptors (Lipinski definition) is 1. The van der Waals surface area contributed by atoms with Crippen LogP contribution in [0.4, 0.5) is 0 Å². The van der Waals surface area contributed by atoms with Crippen molar-refractivity contribution >= 4 is 0 Å². The number of fused-ring (bicyclic) bond motifs is 1. The molecule has 2 rings (SSSR count). The zero-order valence-corrected chi connectivity index (χ0v) is 8.06. The van der Waals surface area contributed by atoms with Crippen LogP contribution in [0.3, 0.4) is 0 Å². The Bertz CT molecular complexity index is 328. The third-order valence-corrected chi connectivity index (χ3v) is 2.25. The normalized spacial score (nSPS) is 13.7. The second-order valence-electron chi connectivity index (χ2n) is 4.44. The molecule has 0 N–H and O–H groups in total. The molecule has 0 bridgehead atoms. The van der Waals surface area contributed by atoms with Crippen molar-refractivity contribution in [2.45, 2.75) is 33.1 Å². The van der Waals surface area contributed by atoms with Gasteiger partial charge in [-0.25, -0.2) is 0 Å². The minimum Gasteiger partial charge on any atom is -0.449 e. The first-order valence-electron chi connectivity index (χ1n) is 4.32. The van der Waals surface area contributed by atoms with Crippen LogP contribution in [0.15, 0.2) is 12.1 Å². The fourth-order valence-corrected chi connectivity index (χ4v) is 1.76. The number of ether oxygens (including phenoxy) is 1. The van der Waals surface area contributed by atoms with Gasteiger partial charge in [0.2, 0.25) is 0 Å². The monoisotopic (exact) mass is 162 g/mol. The topological polar surface area (TPSA) is 12.5 Å². The van der Waals surface area contributed by atoms with Crippen molar-refractivity contribution in [1.29, 1.82) is 0 Å². The lowest BCUT2D eigenvalue weighted by molar-refractivity contribution is 0.562. The summed E-state index contributed by atoms with van der Waals surface area (Å²) < 4.78 is 5.38. The van der Waals surface area contributed by atoms with E-state index in [1.807, 2.05) is 6.07 Å². The molecule has 64 valence electrons. The van der Waals surface area contributed by atoms with E-state index in [2.05, 4.69) is 33.8 Å². The Hall–Kier alpha value is -0.980. The Kier molecular flexibility index (Phi) is 1.30. The molecule has 0 saturated heterocycles. The van der Waals surface area contributed by atoms with Crippen LogP contribution in [0.2, 0.25) is 0 Å². The molecule has 0 spiro atoms. The highest BCUT2D eigenvalue weighted by Gasteiger charge is 2.31.